The number of hydrogen-bond acceptors (Lipinski definition) is 0. The Balaban J connectivity index is 1.21. The summed E-state index contributed by atoms with van der Waals surface area (Å²) in [6, 6.07) is 70.3. The van der Waals surface area contributed by atoms with Gasteiger partial charge >= 0.3 is 0 Å². The minimum Gasteiger partial charge on any atom is -0.309 e. The van der Waals surface area contributed by atoms with Gasteiger partial charge in [-0.15, -0.1) is 0 Å². The second kappa shape index (κ2) is 11.5. The van der Waals surface area contributed by atoms with Crippen LogP contribution in [0.4, 0.5) is 0 Å². The second-order valence-electron chi connectivity index (χ2n) is 12.9. The summed E-state index contributed by atoms with van der Waals surface area (Å²) in [5, 5.41) is 5.01. The first-order chi connectivity index (χ1) is 24.8. The standard InChI is InChI=1S/C48H32N2/c1-3-14-33(15-4-1)34-26-28-36(29-27-34)49-44-23-11-9-20-40(44)41-31-30-37(32-47(41)49)50-45-24-12-10-21-43(45)48-42(22-13-25-46(48)50)39-19-8-7-18-38(39)35-16-5-2-6-17-35/h1-32H. The van der Waals surface area contributed by atoms with Crippen molar-refractivity contribution in [2.75, 3.05) is 0 Å². The molecule has 2 nitrogen and oxygen atoms in total. The minimum absolute atomic E-state index is 1.14. The molecular formula is C48H32N2. The highest BCUT2D eigenvalue weighted by Crippen LogP contribution is 2.42. The van der Waals surface area contributed by atoms with Crippen molar-refractivity contribution >= 4 is 43.6 Å². The number of fused-ring (bicyclic) bond motifs is 6. The molecule has 0 atom stereocenters. The fraction of sp³-hybridized carbons (Fsp3) is 0. The average molecular weight is 637 g/mol. The predicted molar refractivity (Wildman–Crippen MR) is 211 cm³/mol. The maximum atomic E-state index is 2.44. The van der Waals surface area contributed by atoms with Gasteiger partial charge in [-0.1, -0.05) is 152 Å². The molecule has 0 aliphatic carbocycles. The first-order valence-electron chi connectivity index (χ1n) is 17.2. The van der Waals surface area contributed by atoms with E-state index in [-0.39, 0.29) is 0 Å². The molecule has 2 heteroatoms. The highest BCUT2D eigenvalue weighted by atomic mass is 15.0. The van der Waals surface area contributed by atoms with Crippen LogP contribution in [0.2, 0.25) is 0 Å². The van der Waals surface area contributed by atoms with E-state index in [1.807, 2.05) is 0 Å². The van der Waals surface area contributed by atoms with Gasteiger partial charge in [0.2, 0.25) is 0 Å². The third-order valence-electron chi connectivity index (χ3n) is 10.1. The van der Waals surface area contributed by atoms with Gasteiger partial charge in [0.15, 0.2) is 0 Å². The smallest absolute Gasteiger partial charge is 0.0561 e. The summed E-state index contributed by atoms with van der Waals surface area (Å²) in [4.78, 5) is 0. The molecule has 0 spiro atoms. The number of rotatable bonds is 5. The molecule has 0 aliphatic heterocycles. The minimum atomic E-state index is 1.14. The summed E-state index contributed by atoms with van der Waals surface area (Å²) in [6.07, 6.45) is 0. The topological polar surface area (TPSA) is 9.86 Å². The second-order valence-corrected chi connectivity index (χ2v) is 12.9. The van der Waals surface area contributed by atoms with Gasteiger partial charge in [-0.3, -0.25) is 0 Å². The van der Waals surface area contributed by atoms with E-state index in [0.717, 1.165) is 11.4 Å². The molecule has 2 aromatic heterocycles. The zero-order valence-corrected chi connectivity index (χ0v) is 27.4. The Hall–Kier alpha value is -6.64. The molecule has 2 heterocycles. The lowest BCUT2D eigenvalue weighted by Gasteiger charge is -2.13. The molecule has 0 bridgehead atoms. The quantitative estimate of drug-likeness (QED) is 0.178. The fourth-order valence-electron chi connectivity index (χ4n) is 7.92. The van der Waals surface area contributed by atoms with Gasteiger partial charge < -0.3 is 9.13 Å². The van der Waals surface area contributed by atoms with E-state index in [1.165, 1.54) is 77.0 Å². The van der Waals surface area contributed by atoms with E-state index >= 15 is 0 Å². The van der Waals surface area contributed by atoms with E-state index in [2.05, 4.69) is 203 Å². The molecule has 234 valence electrons. The van der Waals surface area contributed by atoms with E-state index in [0.29, 0.717) is 0 Å². The van der Waals surface area contributed by atoms with Gasteiger partial charge in [-0.05, 0) is 75.8 Å². The van der Waals surface area contributed by atoms with Gasteiger partial charge in [0.05, 0.1) is 22.1 Å². The van der Waals surface area contributed by atoms with Crippen LogP contribution < -0.4 is 0 Å². The van der Waals surface area contributed by atoms with Crippen LogP contribution >= 0.6 is 0 Å². The normalized spacial score (nSPS) is 11.6. The molecular weight excluding hydrogens is 605 g/mol. The Morgan fingerprint density at radius 1 is 0.260 bits per heavy atom. The molecule has 10 rings (SSSR count). The number of nitrogens with zero attached hydrogens (tertiary/aromatic N) is 2. The maximum absolute atomic E-state index is 2.44. The Kier molecular flexibility index (Phi) is 6.53. The average Bonchev–Trinajstić information content (AvgIpc) is 3.71. The fourth-order valence-corrected chi connectivity index (χ4v) is 7.92. The van der Waals surface area contributed by atoms with Crippen molar-refractivity contribution in [3.63, 3.8) is 0 Å². The Bertz CT molecular complexity index is 2840. The lowest BCUT2D eigenvalue weighted by atomic mass is 9.92. The Morgan fingerprint density at radius 3 is 1.52 bits per heavy atom. The maximum Gasteiger partial charge on any atom is 0.0561 e. The van der Waals surface area contributed by atoms with Crippen LogP contribution in [-0.2, 0) is 0 Å². The Labute approximate surface area is 290 Å². The third kappa shape index (κ3) is 4.43. The van der Waals surface area contributed by atoms with Gasteiger partial charge in [0.1, 0.15) is 0 Å². The summed E-state index contributed by atoms with van der Waals surface area (Å²) in [5.41, 5.74) is 14.4. The predicted octanol–water partition coefficient (Wildman–Crippen LogP) is 12.9. The van der Waals surface area contributed by atoms with E-state index in [4.69, 9.17) is 0 Å². The van der Waals surface area contributed by atoms with Crippen LogP contribution in [-0.4, -0.2) is 9.13 Å². The number of para-hydroxylation sites is 2. The molecule has 0 N–H and O–H groups in total. The zero-order chi connectivity index (χ0) is 33.0. The van der Waals surface area contributed by atoms with Crippen molar-refractivity contribution in [2.45, 2.75) is 0 Å². The molecule has 0 fully saturated rings. The van der Waals surface area contributed by atoms with E-state index < -0.39 is 0 Å². The first-order valence-corrected chi connectivity index (χ1v) is 17.2. The SMILES string of the molecule is c1ccc(-c2ccc(-n3c4ccccc4c4ccc(-n5c6ccccc6c6c(-c7ccccc7-c7ccccc7)cccc65)cc43)cc2)cc1. The van der Waals surface area contributed by atoms with Crippen molar-refractivity contribution in [2.24, 2.45) is 0 Å². The van der Waals surface area contributed by atoms with Crippen LogP contribution in [0, 0.1) is 0 Å². The van der Waals surface area contributed by atoms with Crippen molar-refractivity contribution < 1.29 is 0 Å². The third-order valence-corrected chi connectivity index (χ3v) is 10.1. The van der Waals surface area contributed by atoms with Crippen LogP contribution in [0.3, 0.4) is 0 Å². The van der Waals surface area contributed by atoms with Crippen molar-refractivity contribution in [3.8, 4) is 44.8 Å². The summed E-state index contributed by atoms with van der Waals surface area (Å²) in [6.45, 7) is 0. The molecule has 0 aliphatic rings. The van der Waals surface area contributed by atoms with E-state index in [1.54, 1.807) is 0 Å². The summed E-state index contributed by atoms with van der Waals surface area (Å²) < 4.78 is 4.86. The number of hydrogen-bond donors (Lipinski definition) is 0. The zero-order valence-electron chi connectivity index (χ0n) is 27.4. The molecule has 8 aromatic carbocycles. The largest absolute Gasteiger partial charge is 0.309 e. The van der Waals surface area contributed by atoms with Crippen LogP contribution in [0.25, 0.3) is 88.4 Å². The molecule has 0 saturated heterocycles. The monoisotopic (exact) mass is 636 g/mol. The summed E-state index contributed by atoms with van der Waals surface area (Å²) >= 11 is 0. The highest BCUT2D eigenvalue weighted by Gasteiger charge is 2.19. The van der Waals surface area contributed by atoms with Crippen molar-refractivity contribution in [1.29, 1.82) is 0 Å². The summed E-state index contributed by atoms with van der Waals surface area (Å²) in [5.74, 6) is 0. The number of benzene rings is 8. The molecule has 10 aromatic rings. The van der Waals surface area contributed by atoms with Gasteiger partial charge in [-0.25, -0.2) is 0 Å². The molecule has 0 amide bonds. The molecule has 0 unspecified atom stereocenters. The van der Waals surface area contributed by atoms with Gasteiger partial charge in [0.25, 0.3) is 0 Å². The molecule has 50 heavy (non-hydrogen) atoms. The van der Waals surface area contributed by atoms with Crippen molar-refractivity contribution in [3.05, 3.63) is 194 Å². The Morgan fingerprint density at radius 2 is 0.760 bits per heavy atom. The van der Waals surface area contributed by atoms with Crippen LogP contribution in [0.1, 0.15) is 0 Å². The van der Waals surface area contributed by atoms with Gasteiger partial charge in [-0.2, -0.15) is 0 Å². The highest BCUT2D eigenvalue weighted by molar-refractivity contribution is 6.17. The molecule has 0 saturated carbocycles. The number of aromatic nitrogens is 2. The van der Waals surface area contributed by atoms with E-state index in [9.17, 15) is 0 Å². The lowest BCUT2D eigenvalue weighted by Crippen LogP contribution is -1.97. The van der Waals surface area contributed by atoms with Crippen LogP contribution in [0.15, 0.2) is 194 Å². The first kappa shape index (κ1) is 28.4. The van der Waals surface area contributed by atoms with Crippen LogP contribution in [0.5, 0.6) is 0 Å². The lowest BCUT2D eigenvalue weighted by molar-refractivity contribution is 1.15. The summed E-state index contributed by atoms with van der Waals surface area (Å²) in [7, 11) is 0. The van der Waals surface area contributed by atoms with Crippen molar-refractivity contribution in [1.82, 2.24) is 9.13 Å². The van der Waals surface area contributed by atoms with Gasteiger partial charge in [0, 0.05) is 32.9 Å². The molecule has 0 radical (unpaired) electrons.